The van der Waals surface area contributed by atoms with Gasteiger partial charge >= 0.3 is 0 Å². The van der Waals surface area contributed by atoms with Gasteiger partial charge in [-0.1, -0.05) is 123 Å². The lowest BCUT2D eigenvalue weighted by molar-refractivity contribution is -0.152. The number of hydrogen-bond donors (Lipinski definition) is 8. The number of nitrogens with zero attached hydrogens (tertiary/aromatic N) is 8. The quantitative estimate of drug-likeness (QED) is 0.0943. The summed E-state index contributed by atoms with van der Waals surface area (Å²) in [5.74, 6) is -8.36. The standard InChI is InChI=1S/C75H123ClN12O15/c1-19-32-88-42-63(92)82(14)58(36-46(5)6)67(94)78-56(72(99)87-33-25-22-26-34-87)41-62(91)81(13)50(11)66(93)79-57(44-103-43-49(10)89)71(98)84(16)60(37-47(7)8)73(100)83(15)59(40-53-30-27-31-54(76)38-53)68(95)77-55(35-45(3)4)70(97)85(17)61(39-52-28-23-21-24-29-52)74(101)86(18)65(48(9)20-2)69(96)80-64(51(12)90)75(88)102/h21,23-24,27-31,38,45-51,55-61,64-65,73,75,89-90,100,102H,19-20,22,25-26,32-37,39-44H2,1-18H3,(H,77,95)(H,78,94)(H,79,93)(H,80,96)/t48-,49-,50-,51+,55-,56-,57-,58-,59-,60-,61-,64-,65-,73?,75?/m0/s1. The first-order chi connectivity index (χ1) is 48.4. The molecule has 2 aliphatic heterocycles. The van der Waals surface area contributed by atoms with Gasteiger partial charge in [-0.15, -0.1) is 0 Å². The molecule has 103 heavy (non-hydrogen) atoms. The maximum Gasteiger partial charge on any atom is 0.247 e. The molecule has 2 aromatic carbocycles. The Bertz CT molecular complexity index is 3090. The fourth-order valence-corrected chi connectivity index (χ4v) is 13.5. The summed E-state index contributed by atoms with van der Waals surface area (Å²) in [6, 6.07) is 2.32. The van der Waals surface area contributed by atoms with Crippen LogP contribution >= 0.6 is 11.6 Å². The highest BCUT2D eigenvalue weighted by Crippen LogP contribution is 2.26. The van der Waals surface area contributed by atoms with Crippen molar-refractivity contribution < 1.29 is 73.1 Å². The second kappa shape index (κ2) is 42.3. The van der Waals surface area contributed by atoms with E-state index in [1.54, 1.807) is 73.3 Å². The van der Waals surface area contributed by atoms with Gasteiger partial charge in [0.15, 0.2) is 0 Å². The molecule has 0 spiro atoms. The highest BCUT2D eigenvalue weighted by atomic mass is 35.5. The molecule has 10 amide bonds. The normalized spacial score (nSPS) is 27.0. The number of piperidine rings is 1. The molecule has 0 aliphatic carbocycles. The van der Waals surface area contributed by atoms with E-state index in [0.29, 0.717) is 54.9 Å². The largest absolute Gasteiger partial charge is 0.391 e. The molecule has 2 heterocycles. The second-order valence-corrected chi connectivity index (χ2v) is 30.2. The molecule has 2 aromatic rings. The third-order valence-corrected chi connectivity index (χ3v) is 20.1. The molecular formula is C75H123ClN12O15. The molecule has 0 radical (unpaired) electrons. The summed E-state index contributed by atoms with van der Waals surface area (Å²) in [6.45, 7) is 20.3. The molecule has 2 fully saturated rings. The number of nitrogens with one attached hydrogen (secondary N) is 4. The molecule has 15 atom stereocenters. The fourth-order valence-electron chi connectivity index (χ4n) is 13.3. The third kappa shape index (κ3) is 26.0. The van der Waals surface area contributed by atoms with Gasteiger partial charge in [-0.3, -0.25) is 57.7 Å². The number of likely N-dealkylation sites (tertiary alicyclic amines) is 1. The van der Waals surface area contributed by atoms with Gasteiger partial charge in [-0.25, -0.2) is 0 Å². The number of carbonyl (C=O) groups excluding carboxylic acids is 10. The van der Waals surface area contributed by atoms with Crippen molar-refractivity contribution in [1.82, 2.24) is 60.5 Å². The number of aliphatic hydroxyl groups excluding tert-OH is 4. The Morgan fingerprint density at radius 1 is 0.592 bits per heavy atom. The van der Waals surface area contributed by atoms with Crippen LogP contribution in [0.2, 0.25) is 5.02 Å². The van der Waals surface area contributed by atoms with Crippen LogP contribution in [0.1, 0.15) is 152 Å². The van der Waals surface area contributed by atoms with E-state index in [0.717, 1.165) is 11.3 Å². The Morgan fingerprint density at radius 3 is 1.73 bits per heavy atom. The Labute approximate surface area is 616 Å². The van der Waals surface area contributed by atoms with Crippen LogP contribution in [0.25, 0.3) is 0 Å². The van der Waals surface area contributed by atoms with Gasteiger partial charge < -0.3 is 75.8 Å². The van der Waals surface area contributed by atoms with Crippen molar-refractivity contribution in [3.05, 3.63) is 70.7 Å². The first-order valence-corrected chi connectivity index (χ1v) is 37.1. The lowest BCUT2D eigenvalue weighted by Gasteiger charge is -2.41. The molecule has 0 aromatic heterocycles. The number of ether oxygens (including phenoxy) is 1. The highest BCUT2D eigenvalue weighted by Gasteiger charge is 2.45. The summed E-state index contributed by atoms with van der Waals surface area (Å²) < 4.78 is 5.81. The van der Waals surface area contributed by atoms with Crippen molar-refractivity contribution in [2.45, 2.75) is 239 Å². The van der Waals surface area contributed by atoms with Crippen LogP contribution in [0.15, 0.2) is 54.6 Å². The highest BCUT2D eigenvalue weighted by molar-refractivity contribution is 6.30. The SMILES string of the molecule is CCCN1CC(=O)N(C)[C@@H](CC(C)C)C(=O)N[C@H](C(=O)N2CCCCC2)CC(=O)N(C)[C@@H](C)C(=O)N[C@@H](COC[C@H](C)O)C(=O)N(C)[C@@H](CC(C)C)C(O)N(C)[C@@H](Cc2cccc(Cl)c2)C(=O)N[C@@H](CC(C)C)C(=O)N(C)[C@@H](Cc2ccccc2)C(=O)N(C)[C@@H]([C@@H](C)CC)C(=O)N[C@@H]([C@@H](C)O)C1O. The third-order valence-electron chi connectivity index (χ3n) is 19.8. The van der Waals surface area contributed by atoms with Crippen LogP contribution < -0.4 is 21.3 Å². The lowest BCUT2D eigenvalue weighted by atomic mass is 9.94. The maximum atomic E-state index is 15.6. The number of rotatable bonds is 20. The Hall–Kier alpha value is -6.85. The Balaban J connectivity index is 2.02. The zero-order valence-corrected chi connectivity index (χ0v) is 65.1. The summed E-state index contributed by atoms with van der Waals surface area (Å²) in [6.07, 6.45) is -3.43. The number of halogens is 1. The smallest absolute Gasteiger partial charge is 0.247 e. The van der Waals surface area contributed by atoms with Gasteiger partial charge in [0, 0.05) is 66.3 Å². The summed E-state index contributed by atoms with van der Waals surface area (Å²) in [4.78, 5) is 161. The van der Waals surface area contributed by atoms with E-state index in [1.807, 2.05) is 48.5 Å². The van der Waals surface area contributed by atoms with Gasteiger partial charge in [0.05, 0.1) is 56.5 Å². The predicted molar refractivity (Wildman–Crippen MR) is 394 cm³/mol. The summed E-state index contributed by atoms with van der Waals surface area (Å²) in [7, 11) is 8.57. The van der Waals surface area contributed by atoms with Crippen LogP contribution in [-0.4, -0.2) is 285 Å². The lowest BCUT2D eigenvalue weighted by Crippen LogP contribution is -2.64. The van der Waals surface area contributed by atoms with E-state index in [9.17, 15) is 44.4 Å². The minimum atomic E-state index is -1.74. The molecular weight excluding hydrogens is 1340 g/mol. The number of likely N-dealkylation sites (N-methyl/N-ethyl adjacent to an activating group) is 6. The molecule has 27 nitrogen and oxygen atoms in total. The van der Waals surface area contributed by atoms with Gasteiger partial charge in [-0.2, -0.15) is 0 Å². The van der Waals surface area contributed by atoms with E-state index < -0.39 is 170 Å². The first-order valence-electron chi connectivity index (χ1n) is 36.7. The maximum absolute atomic E-state index is 15.6. The van der Waals surface area contributed by atoms with E-state index in [-0.39, 0.29) is 63.0 Å². The van der Waals surface area contributed by atoms with Crippen molar-refractivity contribution in [1.29, 1.82) is 0 Å². The van der Waals surface area contributed by atoms with Crippen molar-refractivity contribution >= 4 is 70.7 Å². The minimum absolute atomic E-state index is 0.0489. The fraction of sp³-hybridized carbons (Fsp3) is 0.707. The number of aliphatic hydroxyl groups is 4. The number of amides is 10. The number of benzene rings is 2. The van der Waals surface area contributed by atoms with Crippen molar-refractivity contribution in [3.63, 3.8) is 0 Å². The van der Waals surface area contributed by atoms with Crippen molar-refractivity contribution in [2.75, 3.05) is 81.7 Å². The molecule has 0 bridgehead atoms. The molecule has 2 unspecified atom stereocenters. The summed E-state index contributed by atoms with van der Waals surface area (Å²) >= 11 is 6.56. The topological polar surface area (TPSA) is 335 Å². The molecule has 2 saturated heterocycles. The monoisotopic (exact) mass is 1470 g/mol. The summed E-state index contributed by atoms with van der Waals surface area (Å²) in [5.41, 5.74) is 1.23. The zero-order valence-electron chi connectivity index (χ0n) is 64.3. The zero-order chi connectivity index (χ0) is 77.4. The average molecular weight is 1470 g/mol. The Morgan fingerprint density at radius 2 is 1.17 bits per heavy atom. The Kier molecular flexibility index (Phi) is 36.4. The van der Waals surface area contributed by atoms with E-state index in [1.165, 1.54) is 92.5 Å². The van der Waals surface area contributed by atoms with Crippen LogP contribution in [0, 0.1) is 23.7 Å². The molecule has 2 aliphatic rings. The van der Waals surface area contributed by atoms with Crippen LogP contribution in [-0.2, 0) is 65.5 Å². The van der Waals surface area contributed by atoms with Gasteiger partial charge in [0.2, 0.25) is 59.1 Å². The van der Waals surface area contributed by atoms with Crippen molar-refractivity contribution in [3.8, 4) is 0 Å². The second-order valence-electron chi connectivity index (χ2n) is 29.8. The van der Waals surface area contributed by atoms with Crippen molar-refractivity contribution in [2.24, 2.45) is 23.7 Å². The van der Waals surface area contributed by atoms with Crippen LogP contribution in [0.5, 0.6) is 0 Å². The van der Waals surface area contributed by atoms with Crippen LogP contribution in [0.4, 0.5) is 0 Å². The number of carbonyl (C=O) groups is 10. The van der Waals surface area contributed by atoms with Gasteiger partial charge in [0.1, 0.15) is 54.7 Å². The predicted octanol–water partition coefficient (Wildman–Crippen LogP) is 3.25. The summed E-state index contributed by atoms with van der Waals surface area (Å²) in [5, 5.41) is 58.8. The molecule has 28 heteroatoms. The van der Waals surface area contributed by atoms with Gasteiger partial charge in [0.25, 0.3) is 0 Å². The van der Waals surface area contributed by atoms with Crippen LogP contribution in [0.3, 0.4) is 0 Å². The average Bonchev–Trinajstić information content (AvgIpc) is 0.810. The minimum Gasteiger partial charge on any atom is -0.391 e. The molecule has 8 N–H and O–H groups in total. The van der Waals surface area contributed by atoms with Gasteiger partial charge in [-0.05, 0) is 126 Å². The first kappa shape index (κ1) is 88.5. The van der Waals surface area contributed by atoms with E-state index >= 15 is 24.0 Å². The number of hydrogen-bond acceptors (Lipinski definition) is 17. The molecule has 580 valence electrons. The van der Waals surface area contributed by atoms with E-state index in [2.05, 4.69) is 21.3 Å². The molecule has 4 rings (SSSR count). The van der Waals surface area contributed by atoms with E-state index in [4.69, 9.17) is 16.3 Å². The molecule has 0 saturated carbocycles.